The molecule has 0 amide bonds. The van der Waals surface area contributed by atoms with Crippen molar-refractivity contribution in [1.82, 2.24) is 20.7 Å². The van der Waals surface area contributed by atoms with Gasteiger partial charge in [-0.1, -0.05) is 0 Å². The van der Waals surface area contributed by atoms with Gasteiger partial charge in [0.15, 0.2) is 10.0 Å². The number of aryl methyl sites for hydroxylation is 2. The minimum Gasteiger partial charge on any atom is -0.266 e. The topological polar surface area (TPSA) is 132 Å². The largest absolute Gasteiger partial charge is 0.266 e. The number of thiazole rings is 2. The molecule has 0 atom stereocenters. The van der Waals surface area contributed by atoms with Crippen molar-refractivity contribution in [1.29, 1.82) is 0 Å². The van der Waals surface area contributed by atoms with Crippen LogP contribution in [0.4, 0.5) is 0 Å². The Labute approximate surface area is 145 Å². The molecular formula is C12H18N4O6S2. The average molecular weight is 378 g/mol. The molecule has 0 radical (unpaired) electrons. The van der Waals surface area contributed by atoms with E-state index in [9.17, 15) is 0 Å². The van der Waals surface area contributed by atoms with Gasteiger partial charge in [0, 0.05) is 22.6 Å². The van der Waals surface area contributed by atoms with E-state index in [1.165, 1.54) is 22.7 Å². The molecule has 10 nitrogen and oxygen atoms in total. The Morgan fingerprint density at radius 3 is 1.50 bits per heavy atom. The van der Waals surface area contributed by atoms with Gasteiger partial charge in [0.25, 0.3) is 0 Å². The smallest absolute Gasteiger partial charge is 0.152 e. The normalized spacial score (nSPS) is 11.8. The van der Waals surface area contributed by atoms with Crippen LogP contribution in [-0.2, 0) is 22.5 Å². The fourth-order valence-electron chi connectivity index (χ4n) is 1.94. The predicted molar refractivity (Wildman–Crippen MR) is 82.8 cm³/mol. The number of hydrogen-bond donors (Lipinski definition) is 4. The third-order valence-corrected chi connectivity index (χ3v) is 5.62. The predicted octanol–water partition coefficient (Wildman–Crippen LogP) is 1.99. The maximum atomic E-state index is 8.52. The Bertz CT molecular complexity index is 604. The Morgan fingerprint density at radius 2 is 1.17 bits per heavy atom. The SMILES string of the molecule is Cc1nc(-c2nc(C)c(CCON(O)O)s2)sc1CCON(O)O. The lowest BCUT2D eigenvalue weighted by Crippen LogP contribution is -2.16. The Hall–Kier alpha value is -1.06. The summed E-state index contributed by atoms with van der Waals surface area (Å²) in [5.74, 6) is 0. The molecule has 2 heterocycles. The minimum absolute atomic E-state index is 0.119. The van der Waals surface area contributed by atoms with Crippen molar-refractivity contribution < 1.29 is 30.5 Å². The molecule has 0 saturated carbocycles. The highest BCUT2D eigenvalue weighted by atomic mass is 32.1. The molecule has 0 unspecified atom stereocenters. The molecule has 134 valence electrons. The van der Waals surface area contributed by atoms with Crippen molar-refractivity contribution in [2.24, 2.45) is 0 Å². The molecule has 0 aromatic carbocycles. The summed E-state index contributed by atoms with van der Waals surface area (Å²) in [6, 6.07) is 0. The van der Waals surface area contributed by atoms with E-state index in [-0.39, 0.29) is 24.0 Å². The zero-order chi connectivity index (χ0) is 17.7. The highest BCUT2D eigenvalue weighted by Gasteiger charge is 2.15. The van der Waals surface area contributed by atoms with Gasteiger partial charge in [0.05, 0.1) is 35.4 Å². The molecule has 12 heteroatoms. The van der Waals surface area contributed by atoms with Crippen LogP contribution in [0.15, 0.2) is 0 Å². The van der Waals surface area contributed by atoms with Crippen molar-refractivity contribution in [3.8, 4) is 10.0 Å². The van der Waals surface area contributed by atoms with Gasteiger partial charge < -0.3 is 0 Å². The lowest BCUT2D eigenvalue weighted by atomic mass is 10.3. The number of nitrogens with zero attached hydrogens (tertiary/aromatic N) is 4. The molecule has 24 heavy (non-hydrogen) atoms. The summed E-state index contributed by atoms with van der Waals surface area (Å²) in [4.78, 5) is 20.0. The maximum Gasteiger partial charge on any atom is 0.152 e. The zero-order valence-corrected chi connectivity index (χ0v) is 14.7. The Kier molecular flexibility index (Phi) is 7.12. The van der Waals surface area contributed by atoms with Crippen LogP contribution in [0.25, 0.3) is 10.0 Å². The minimum atomic E-state index is -0.310. The van der Waals surface area contributed by atoms with Crippen LogP contribution in [0.5, 0.6) is 0 Å². The molecule has 0 saturated heterocycles. The van der Waals surface area contributed by atoms with E-state index in [1.807, 2.05) is 13.8 Å². The van der Waals surface area contributed by atoms with Crippen molar-refractivity contribution in [2.45, 2.75) is 26.7 Å². The lowest BCUT2D eigenvalue weighted by Gasteiger charge is -2.04. The van der Waals surface area contributed by atoms with E-state index in [0.717, 1.165) is 31.2 Å². The van der Waals surface area contributed by atoms with Gasteiger partial charge in [-0.15, -0.1) is 22.7 Å². The van der Waals surface area contributed by atoms with Gasteiger partial charge in [-0.05, 0) is 13.8 Å². The summed E-state index contributed by atoms with van der Waals surface area (Å²) in [6.07, 6.45) is 0.990. The Balaban J connectivity index is 2.03. The summed E-state index contributed by atoms with van der Waals surface area (Å²) >= 11 is 2.94. The fourth-order valence-corrected chi connectivity index (χ4v) is 4.05. The molecule has 2 aromatic rings. The number of aromatic nitrogens is 2. The first-order valence-electron chi connectivity index (χ1n) is 6.91. The quantitative estimate of drug-likeness (QED) is 0.480. The first-order chi connectivity index (χ1) is 11.4. The first-order valence-corrected chi connectivity index (χ1v) is 8.54. The van der Waals surface area contributed by atoms with Crippen LogP contribution in [0.1, 0.15) is 21.1 Å². The van der Waals surface area contributed by atoms with E-state index in [2.05, 4.69) is 19.6 Å². The van der Waals surface area contributed by atoms with Gasteiger partial charge in [-0.3, -0.25) is 30.5 Å². The average Bonchev–Trinajstić information content (AvgIpc) is 3.02. The first kappa shape index (κ1) is 19.3. The van der Waals surface area contributed by atoms with Crippen LogP contribution in [-0.4, -0.2) is 54.8 Å². The van der Waals surface area contributed by atoms with E-state index in [4.69, 9.17) is 20.8 Å². The molecule has 2 rings (SSSR count). The standard InChI is InChI=1S/C12H18N4O6S2/c1-7-9(3-5-21-15(17)18)23-11(13-7)12-14-8(2)10(24-12)4-6-22-16(19)20/h17-20H,3-6H2,1-2H3. The van der Waals surface area contributed by atoms with E-state index in [0.29, 0.717) is 12.8 Å². The van der Waals surface area contributed by atoms with Crippen LogP contribution >= 0.6 is 22.7 Å². The van der Waals surface area contributed by atoms with Crippen LogP contribution in [0, 0.1) is 13.8 Å². The summed E-state index contributed by atoms with van der Waals surface area (Å²) in [5, 5.41) is 35.0. The van der Waals surface area contributed by atoms with E-state index >= 15 is 0 Å². The monoisotopic (exact) mass is 378 g/mol. The molecule has 0 aliphatic heterocycles. The summed E-state index contributed by atoms with van der Waals surface area (Å²) < 4.78 is 0. The molecule has 0 fully saturated rings. The molecule has 0 aliphatic rings. The van der Waals surface area contributed by atoms with Gasteiger partial charge >= 0.3 is 0 Å². The van der Waals surface area contributed by atoms with E-state index < -0.39 is 0 Å². The van der Waals surface area contributed by atoms with Gasteiger partial charge in [-0.2, -0.15) is 0 Å². The highest BCUT2D eigenvalue weighted by molar-refractivity contribution is 7.21. The van der Waals surface area contributed by atoms with Gasteiger partial charge in [0.2, 0.25) is 0 Å². The second-order valence-electron chi connectivity index (χ2n) is 4.73. The molecular weight excluding hydrogens is 360 g/mol. The molecule has 2 aromatic heterocycles. The molecule has 0 aliphatic carbocycles. The van der Waals surface area contributed by atoms with Crippen molar-refractivity contribution in [3.05, 3.63) is 21.1 Å². The number of hydrogen-bond acceptors (Lipinski definition) is 12. The van der Waals surface area contributed by atoms with Gasteiger partial charge in [0.1, 0.15) is 0 Å². The number of rotatable bonds is 9. The van der Waals surface area contributed by atoms with Crippen molar-refractivity contribution in [3.63, 3.8) is 0 Å². The molecule has 0 spiro atoms. The lowest BCUT2D eigenvalue weighted by molar-refractivity contribution is -0.492. The third kappa shape index (κ3) is 5.49. The summed E-state index contributed by atoms with van der Waals surface area (Å²) in [6.45, 7) is 3.98. The van der Waals surface area contributed by atoms with Gasteiger partial charge in [-0.25, -0.2) is 9.97 Å². The van der Waals surface area contributed by atoms with Crippen molar-refractivity contribution in [2.75, 3.05) is 13.2 Å². The fraction of sp³-hybridized carbons (Fsp3) is 0.500. The maximum absolute atomic E-state index is 8.52. The van der Waals surface area contributed by atoms with E-state index in [1.54, 1.807) is 0 Å². The summed E-state index contributed by atoms with van der Waals surface area (Å²) in [5.41, 5.74) is 1.69. The zero-order valence-electron chi connectivity index (χ0n) is 13.0. The highest BCUT2D eigenvalue weighted by Crippen LogP contribution is 2.33. The molecule has 0 bridgehead atoms. The third-order valence-electron chi connectivity index (χ3n) is 3.04. The summed E-state index contributed by atoms with van der Waals surface area (Å²) in [7, 11) is 0. The molecule has 4 N–H and O–H groups in total. The second kappa shape index (κ2) is 8.87. The van der Waals surface area contributed by atoms with Crippen LogP contribution < -0.4 is 0 Å². The van der Waals surface area contributed by atoms with Crippen molar-refractivity contribution >= 4 is 22.7 Å². The second-order valence-corrected chi connectivity index (χ2v) is 6.89. The Morgan fingerprint density at radius 1 is 0.792 bits per heavy atom. The van der Waals surface area contributed by atoms with Crippen LogP contribution in [0.2, 0.25) is 0 Å². The van der Waals surface area contributed by atoms with Crippen LogP contribution in [0.3, 0.4) is 0 Å².